The topological polar surface area (TPSA) is 35.2 Å². The summed E-state index contributed by atoms with van der Waals surface area (Å²) in [4.78, 5) is 0. The lowest BCUT2D eigenvalue weighted by molar-refractivity contribution is 0.405. The van der Waals surface area contributed by atoms with Crippen LogP contribution in [0.25, 0.3) is 0 Å². The number of rotatable bonds is 5. The van der Waals surface area contributed by atoms with Crippen molar-refractivity contribution in [1.29, 1.82) is 0 Å². The molecule has 0 amide bonds. The van der Waals surface area contributed by atoms with Crippen LogP contribution in [-0.2, 0) is 0 Å². The number of hydrogen-bond acceptors (Lipinski definition) is 2. The van der Waals surface area contributed by atoms with Crippen LogP contribution in [0.3, 0.4) is 0 Å². The molecule has 16 heavy (non-hydrogen) atoms. The predicted molar refractivity (Wildman–Crippen MR) is 68.7 cm³/mol. The Labute approximate surface area is 98.8 Å². The molecule has 2 atom stereocenters. The fourth-order valence-corrected chi connectivity index (χ4v) is 2.01. The normalized spacial score (nSPS) is 14.6. The number of methoxy groups -OCH3 is 1. The van der Waals surface area contributed by atoms with E-state index in [-0.39, 0.29) is 6.04 Å². The first-order valence-corrected chi connectivity index (χ1v) is 6.00. The van der Waals surface area contributed by atoms with Crippen molar-refractivity contribution in [3.05, 3.63) is 29.3 Å². The Morgan fingerprint density at radius 1 is 1.38 bits per heavy atom. The lowest BCUT2D eigenvalue weighted by Gasteiger charge is -2.20. The van der Waals surface area contributed by atoms with E-state index < -0.39 is 0 Å². The molecule has 2 unspecified atom stereocenters. The summed E-state index contributed by atoms with van der Waals surface area (Å²) in [6.45, 7) is 6.45. The van der Waals surface area contributed by atoms with Crippen LogP contribution in [0.2, 0.25) is 0 Å². The Kier molecular flexibility index (Phi) is 4.81. The maximum Gasteiger partial charge on any atom is 0.122 e. The van der Waals surface area contributed by atoms with E-state index in [9.17, 15) is 0 Å². The van der Waals surface area contributed by atoms with Crippen molar-refractivity contribution in [2.75, 3.05) is 7.11 Å². The number of hydrogen-bond donors (Lipinski definition) is 1. The molecule has 0 saturated heterocycles. The van der Waals surface area contributed by atoms with E-state index in [0.29, 0.717) is 5.92 Å². The fraction of sp³-hybridized carbons (Fsp3) is 0.571. The Bertz CT molecular complexity index is 336. The molecular formula is C14H23NO. The van der Waals surface area contributed by atoms with Crippen LogP contribution in [0.5, 0.6) is 5.75 Å². The molecule has 1 aromatic carbocycles. The van der Waals surface area contributed by atoms with Crippen molar-refractivity contribution in [1.82, 2.24) is 0 Å². The number of nitrogens with two attached hydrogens (primary N) is 1. The van der Waals surface area contributed by atoms with E-state index in [1.807, 2.05) is 6.92 Å². The lowest BCUT2D eigenvalue weighted by atomic mass is 9.91. The average molecular weight is 221 g/mol. The van der Waals surface area contributed by atoms with Crippen molar-refractivity contribution in [2.24, 2.45) is 11.7 Å². The summed E-state index contributed by atoms with van der Waals surface area (Å²) in [7, 11) is 1.70. The SMILES string of the molecule is CCCC(C)C(N)c1ccc(C)c(OC)c1. The van der Waals surface area contributed by atoms with Gasteiger partial charge in [-0.25, -0.2) is 0 Å². The molecule has 0 radical (unpaired) electrons. The molecule has 0 aliphatic carbocycles. The second-order valence-corrected chi connectivity index (χ2v) is 4.52. The molecule has 1 aromatic rings. The van der Waals surface area contributed by atoms with Crippen LogP contribution < -0.4 is 10.5 Å². The number of benzene rings is 1. The van der Waals surface area contributed by atoms with E-state index in [1.54, 1.807) is 7.11 Å². The summed E-state index contributed by atoms with van der Waals surface area (Å²) in [5.41, 5.74) is 8.57. The standard InChI is InChI=1S/C14H23NO/c1-5-6-11(3)14(15)12-8-7-10(2)13(9-12)16-4/h7-9,11,14H,5-6,15H2,1-4H3. The van der Waals surface area contributed by atoms with E-state index >= 15 is 0 Å². The number of ether oxygens (including phenoxy) is 1. The van der Waals surface area contributed by atoms with Gasteiger partial charge in [-0.05, 0) is 36.5 Å². The number of aryl methyl sites for hydroxylation is 1. The zero-order valence-corrected chi connectivity index (χ0v) is 10.8. The molecule has 0 fully saturated rings. The minimum atomic E-state index is 0.106. The van der Waals surface area contributed by atoms with E-state index in [2.05, 4.69) is 32.0 Å². The highest BCUT2D eigenvalue weighted by Gasteiger charge is 2.15. The minimum absolute atomic E-state index is 0.106. The molecule has 0 spiro atoms. The Balaban J connectivity index is 2.87. The summed E-state index contributed by atoms with van der Waals surface area (Å²) in [6, 6.07) is 6.35. The second-order valence-electron chi connectivity index (χ2n) is 4.52. The van der Waals surface area contributed by atoms with Crippen LogP contribution in [0, 0.1) is 12.8 Å². The van der Waals surface area contributed by atoms with Gasteiger partial charge in [-0.15, -0.1) is 0 Å². The molecule has 2 nitrogen and oxygen atoms in total. The zero-order valence-electron chi connectivity index (χ0n) is 10.8. The third-order valence-electron chi connectivity index (χ3n) is 3.17. The van der Waals surface area contributed by atoms with Crippen molar-refractivity contribution in [2.45, 2.75) is 39.7 Å². The highest BCUT2D eigenvalue weighted by atomic mass is 16.5. The first-order chi connectivity index (χ1) is 7.60. The zero-order chi connectivity index (χ0) is 12.1. The Morgan fingerprint density at radius 3 is 2.62 bits per heavy atom. The smallest absolute Gasteiger partial charge is 0.122 e. The lowest BCUT2D eigenvalue weighted by Crippen LogP contribution is -2.19. The van der Waals surface area contributed by atoms with Gasteiger partial charge in [0.1, 0.15) is 5.75 Å². The summed E-state index contributed by atoms with van der Waals surface area (Å²) >= 11 is 0. The minimum Gasteiger partial charge on any atom is -0.496 e. The van der Waals surface area contributed by atoms with Crippen molar-refractivity contribution >= 4 is 0 Å². The molecule has 0 aliphatic heterocycles. The monoisotopic (exact) mass is 221 g/mol. The van der Waals surface area contributed by atoms with Crippen LogP contribution in [-0.4, -0.2) is 7.11 Å². The van der Waals surface area contributed by atoms with Gasteiger partial charge in [-0.1, -0.05) is 32.4 Å². The highest BCUT2D eigenvalue weighted by Crippen LogP contribution is 2.27. The summed E-state index contributed by atoms with van der Waals surface area (Å²) < 4.78 is 5.32. The van der Waals surface area contributed by atoms with Crippen LogP contribution in [0.15, 0.2) is 18.2 Å². The second kappa shape index (κ2) is 5.90. The molecule has 0 aliphatic rings. The van der Waals surface area contributed by atoms with Gasteiger partial charge in [0, 0.05) is 6.04 Å². The summed E-state index contributed by atoms with van der Waals surface area (Å²) in [6.07, 6.45) is 2.34. The predicted octanol–water partition coefficient (Wildman–Crippen LogP) is 3.44. The first-order valence-electron chi connectivity index (χ1n) is 6.00. The van der Waals surface area contributed by atoms with Gasteiger partial charge < -0.3 is 10.5 Å². The van der Waals surface area contributed by atoms with Gasteiger partial charge >= 0.3 is 0 Å². The molecule has 1 rings (SSSR count). The van der Waals surface area contributed by atoms with E-state index in [1.165, 1.54) is 12.0 Å². The van der Waals surface area contributed by atoms with Gasteiger partial charge in [-0.2, -0.15) is 0 Å². The molecule has 0 aromatic heterocycles. The van der Waals surface area contributed by atoms with Gasteiger partial charge in [-0.3, -0.25) is 0 Å². The van der Waals surface area contributed by atoms with Gasteiger partial charge in [0.2, 0.25) is 0 Å². The Morgan fingerprint density at radius 2 is 2.06 bits per heavy atom. The largest absolute Gasteiger partial charge is 0.496 e. The molecule has 0 saturated carbocycles. The first kappa shape index (κ1) is 13.0. The fourth-order valence-electron chi connectivity index (χ4n) is 2.01. The highest BCUT2D eigenvalue weighted by molar-refractivity contribution is 5.37. The third kappa shape index (κ3) is 2.99. The average Bonchev–Trinajstić information content (AvgIpc) is 2.29. The van der Waals surface area contributed by atoms with Gasteiger partial charge in [0.05, 0.1) is 7.11 Å². The molecule has 0 heterocycles. The van der Waals surface area contributed by atoms with Gasteiger partial charge in [0.15, 0.2) is 0 Å². The van der Waals surface area contributed by atoms with E-state index in [0.717, 1.165) is 17.7 Å². The van der Waals surface area contributed by atoms with Crippen molar-refractivity contribution < 1.29 is 4.74 Å². The van der Waals surface area contributed by atoms with Crippen LogP contribution in [0.4, 0.5) is 0 Å². The van der Waals surface area contributed by atoms with Gasteiger partial charge in [0.25, 0.3) is 0 Å². The molecule has 2 N–H and O–H groups in total. The quantitative estimate of drug-likeness (QED) is 0.826. The van der Waals surface area contributed by atoms with Crippen LogP contribution >= 0.6 is 0 Å². The third-order valence-corrected chi connectivity index (χ3v) is 3.17. The Hall–Kier alpha value is -1.02. The van der Waals surface area contributed by atoms with Crippen molar-refractivity contribution in [3.63, 3.8) is 0 Å². The van der Waals surface area contributed by atoms with E-state index in [4.69, 9.17) is 10.5 Å². The summed E-state index contributed by atoms with van der Waals surface area (Å²) in [5, 5.41) is 0. The molecule has 2 heteroatoms. The van der Waals surface area contributed by atoms with Crippen LogP contribution in [0.1, 0.15) is 43.9 Å². The van der Waals surface area contributed by atoms with Crippen molar-refractivity contribution in [3.8, 4) is 5.75 Å². The molecule has 0 bridgehead atoms. The molecular weight excluding hydrogens is 198 g/mol. The maximum absolute atomic E-state index is 6.24. The molecule has 90 valence electrons. The maximum atomic E-state index is 6.24. The summed E-state index contributed by atoms with van der Waals surface area (Å²) in [5.74, 6) is 1.44.